The first-order chi connectivity index (χ1) is 9.75. The quantitative estimate of drug-likeness (QED) is 0.831. The first-order valence-electron chi connectivity index (χ1n) is 7.01. The molecule has 3 rings (SSSR count). The van der Waals surface area contributed by atoms with Crippen molar-refractivity contribution in [3.8, 4) is 0 Å². The molecule has 20 heavy (non-hydrogen) atoms. The van der Waals surface area contributed by atoms with Gasteiger partial charge in [0, 0.05) is 11.0 Å². The molecule has 1 amide bonds. The van der Waals surface area contributed by atoms with Crippen molar-refractivity contribution >= 4 is 21.8 Å². The van der Waals surface area contributed by atoms with Gasteiger partial charge in [0.15, 0.2) is 6.10 Å². The molecule has 108 valence electrons. The minimum absolute atomic E-state index is 0.0622. The summed E-state index contributed by atoms with van der Waals surface area (Å²) in [5.41, 5.74) is 1.18. The number of amides is 1. The molecular formula is C15H18BrNO3. The lowest BCUT2D eigenvalue weighted by molar-refractivity contribution is -0.158. The molecule has 1 aromatic rings. The summed E-state index contributed by atoms with van der Waals surface area (Å²) < 4.78 is 11.9. The second-order valence-corrected chi connectivity index (χ2v) is 6.09. The van der Waals surface area contributed by atoms with Crippen molar-refractivity contribution < 1.29 is 14.3 Å². The highest BCUT2D eigenvalue weighted by molar-refractivity contribution is 9.10. The summed E-state index contributed by atoms with van der Waals surface area (Å²) in [6.45, 7) is 2.26. The van der Waals surface area contributed by atoms with E-state index in [1.54, 1.807) is 0 Å². The molecule has 2 fully saturated rings. The van der Waals surface area contributed by atoms with E-state index in [0.29, 0.717) is 19.8 Å². The Hall–Kier alpha value is -0.910. The second-order valence-electron chi connectivity index (χ2n) is 5.18. The third-order valence-corrected chi connectivity index (χ3v) is 4.35. The first-order valence-corrected chi connectivity index (χ1v) is 7.80. The average Bonchev–Trinajstić information content (AvgIpc) is 2.97. The van der Waals surface area contributed by atoms with E-state index in [0.717, 1.165) is 23.9 Å². The molecule has 0 saturated carbocycles. The summed E-state index contributed by atoms with van der Waals surface area (Å²) in [7, 11) is 0. The van der Waals surface area contributed by atoms with E-state index in [4.69, 9.17) is 9.47 Å². The number of halogens is 1. The average molecular weight is 340 g/mol. The molecule has 0 aromatic heterocycles. The maximum Gasteiger partial charge on any atom is 0.254 e. The number of ether oxygens (including phenoxy) is 2. The number of hydrogen-bond donors (Lipinski definition) is 0. The summed E-state index contributed by atoms with van der Waals surface area (Å²) in [4.78, 5) is 14.5. The van der Waals surface area contributed by atoms with Crippen molar-refractivity contribution in [2.45, 2.75) is 25.0 Å². The second kappa shape index (κ2) is 6.24. The molecule has 2 aliphatic rings. The van der Waals surface area contributed by atoms with E-state index in [1.165, 1.54) is 5.56 Å². The Kier molecular flexibility index (Phi) is 4.38. The molecule has 4 nitrogen and oxygen atoms in total. The van der Waals surface area contributed by atoms with Gasteiger partial charge in [-0.05, 0) is 30.5 Å². The molecule has 1 aromatic carbocycles. The van der Waals surface area contributed by atoms with Crippen LogP contribution in [0.25, 0.3) is 0 Å². The molecule has 2 atom stereocenters. The van der Waals surface area contributed by atoms with E-state index in [2.05, 4.69) is 28.1 Å². The lowest BCUT2D eigenvalue weighted by Gasteiger charge is -2.30. The molecule has 0 unspecified atom stereocenters. The van der Waals surface area contributed by atoms with Gasteiger partial charge in [-0.2, -0.15) is 0 Å². The van der Waals surface area contributed by atoms with Crippen LogP contribution in [-0.2, 0) is 14.3 Å². The molecule has 0 radical (unpaired) electrons. The van der Waals surface area contributed by atoms with E-state index in [1.807, 2.05) is 17.0 Å². The van der Waals surface area contributed by atoms with Crippen LogP contribution in [0.5, 0.6) is 0 Å². The molecule has 2 aliphatic heterocycles. The Morgan fingerprint density at radius 3 is 3.00 bits per heavy atom. The monoisotopic (exact) mass is 339 g/mol. The van der Waals surface area contributed by atoms with Crippen molar-refractivity contribution in [3.63, 3.8) is 0 Å². The zero-order valence-electron chi connectivity index (χ0n) is 11.3. The van der Waals surface area contributed by atoms with Crippen molar-refractivity contribution in [3.05, 3.63) is 34.3 Å². The van der Waals surface area contributed by atoms with Gasteiger partial charge >= 0.3 is 0 Å². The van der Waals surface area contributed by atoms with Crippen LogP contribution in [0.3, 0.4) is 0 Å². The number of likely N-dealkylation sites (tertiary alicyclic amines) is 1. The van der Waals surface area contributed by atoms with Crippen LogP contribution < -0.4 is 0 Å². The Morgan fingerprint density at radius 1 is 1.35 bits per heavy atom. The molecular weight excluding hydrogens is 322 g/mol. The van der Waals surface area contributed by atoms with Gasteiger partial charge in [0.05, 0.1) is 25.9 Å². The Labute approximate surface area is 127 Å². The standard InChI is InChI=1S/C15H18BrNO3/c16-12-4-1-3-11(9-12)13-5-2-6-17(13)15(18)14-10-19-7-8-20-14/h1,3-4,9,13-14H,2,5-8,10H2/t13-,14+/m0/s1. The minimum atomic E-state index is -0.434. The lowest BCUT2D eigenvalue weighted by atomic mass is 10.0. The number of nitrogens with zero attached hydrogens (tertiary/aromatic N) is 1. The minimum Gasteiger partial charge on any atom is -0.376 e. The summed E-state index contributed by atoms with van der Waals surface area (Å²) in [6, 6.07) is 8.35. The van der Waals surface area contributed by atoms with Crippen molar-refractivity contribution in [1.82, 2.24) is 4.90 Å². The maximum atomic E-state index is 12.6. The predicted molar refractivity (Wildman–Crippen MR) is 78.4 cm³/mol. The van der Waals surface area contributed by atoms with Gasteiger partial charge < -0.3 is 14.4 Å². The van der Waals surface area contributed by atoms with E-state index < -0.39 is 6.10 Å². The van der Waals surface area contributed by atoms with Crippen LogP contribution >= 0.6 is 15.9 Å². The van der Waals surface area contributed by atoms with Gasteiger partial charge in [0.25, 0.3) is 5.91 Å². The zero-order valence-corrected chi connectivity index (χ0v) is 12.8. The molecule has 0 bridgehead atoms. The normalized spacial score (nSPS) is 26.8. The summed E-state index contributed by atoms with van der Waals surface area (Å²) in [6.07, 6.45) is 1.61. The van der Waals surface area contributed by atoms with Crippen LogP contribution in [0, 0.1) is 0 Å². The molecule has 0 spiro atoms. The third kappa shape index (κ3) is 2.90. The van der Waals surface area contributed by atoms with Gasteiger partial charge in [0.1, 0.15) is 0 Å². The maximum absolute atomic E-state index is 12.6. The Morgan fingerprint density at radius 2 is 2.25 bits per heavy atom. The van der Waals surface area contributed by atoms with Gasteiger partial charge in [-0.25, -0.2) is 0 Å². The number of carbonyl (C=O) groups excluding carboxylic acids is 1. The topological polar surface area (TPSA) is 38.8 Å². The number of hydrogen-bond acceptors (Lipinski definition) is 3. The van der Waals surface area contributed by atoms with Crippen molar-refractivity contribution in [2.75, 3.05) is 26.4 Å². The van der Waals surface area contributed by atoms with Gasteiger partial charge in [-0.15, -0.1) is 0 Å². The van der Waals surface area contributed by atoms with Gasteiger partial charge in [-0.3, -0.25) is 4.79 Å². The van der Waals surface area contributed by atoms with E-state index in [-0.39, 0.29) is 11.9 Å². The highest BCUT2D eigenvalue weighted by Crippen LogP contribution is 2.33. The van der Waals surface area contributed by atoms with Gasteiger partial charge in [-0.1, -0.05) is 28.1 Å². The Balaban J connectivity index is 1.76. The summed E-state index contributed by atoms with van der Waals surface area (Å²) in [5.74, 6) is 0.0622. The lowest BCUT2D eigenvalue weighted by Crippen LogP contribution is -2.45. The summed E-state index contributed by atoms with van der Waals surface area (Å²) in [5, 5.41) is 0. The molecule has 2 saturated heterocycles. The fraction of sp³-hybridized carbons (Fsp3) is 0.533. The van der Waals surface area contributed by atoms with Crippen LogP contribution in [0.4, 0.5) is 0 Å². The van der Waals surface area contributed by atoms with Gasteiger partial charge in [0.2, 0.25) is 0 Å². The smallest absolute Gasteiger partial charge is 0.254 e. The third-order valence-electron chi connectivity index (χ3n) is 3.86. The highest BCUT2D eigenvalue weighted by atomic mass is 79.9. The molecule has 2 heterocycles. The largest absolute Gasteiger partial charge is 0.376 e. The number of benzene rings is 1. The molecule has 0 N–H and O–H groups in total. The van der Waals surface area contributed by atoms with Crippen LogP contribution in [0.1, 0.15) is 24.4 Å². The SMILES string of the molecule is O=C([C@H]1COCCO1)N1CCC[C@H]1c1cccc(Br)c1. The van der Waals surface area contributed by atoms with Crippen molar-refractivity contribution in [1.29, 1.82) is 0 Å². The molecule has 5 heteroatoms. The molecule has 0 aliphatic carbocycles. The first kappa shape index (κ1) is 14.0. The number of rotatable bonds is 2. The van der Waals surface area contributed by atoms with Crippen LogP contribution in [0.15, 0.2) is 28.7 Å². The zero-order chi connectivity index (χ0) is 13.9. The predicted octanol–water partition coefficient (Wildman–Crippen LogP) is 2.53. The fourth-order valence-electron chi connectivity index (χ4n) is 2.91. The van der Waals surface area contributed by atoms with E-state index >= 15 is 0 Å². The highest BCUT2D eigenvalue weighted by Gasteiger charge is 2.35. The Bertz CT molecular complexity index is 488. The van der Waals surface area contributed by atoms with Crippen LogP contribution in [0.2, 0.25) is 0 Å². The van der Waals surface area contributed by atoms with Crippen molar-refractivity contribution in [2.24, 2.45) is 0 Å². The fourth-order valence-corrected chi connectivity index (χ4v) is 3.32. The summed E-state index contributed by atoms with van der Waals surface area (Å²) >= 11 is 3.49. The van der Waals surface area contributed by atoms with Crippen LogP contribution in [-0.4, -0.2) is 43.3 Å². The van der Waals surface area contributed by atoms with E-state index in [9.17, 15) is 4.79 Å². The number of carbonyl (C=O) groups is 1.